The largest absolute Gasteiger partial charge is 0.382 e. The lowest BCUT2D eigenvalue weighted by atomic mass is 9.91. The summed E-state index contributed by atoms with van der Waals surface area (Å²) in [7, 11) is 0. The second-order valence-electron chi connectivity index (χ2n) is 5.31. The van der Waals surface area contributed by atoms with Crippen LogP contribution in [0.15, 0.2) is 36.8 Å². The number of anilines is 1. The highest BCUT2D eigenvalue weighted by Crippen LogP contribution is 2.23. The van der Waals surface area contributed by atoms with Crippen molar-refractivity contribution in [1.29, 1.82) is 0 Å². The second kappa shape index (κ2) is 5.45. The van der Waals surface area contributed by atoms with Gasteiger partial charge in [0.15, 0.2) is 0 Å². The zero-order valence-corrected chi connectivity index (χ0v) is 11.0. The minimum absolute atomic E-state index is 0.357. The molecule has 1 fully saturated rings. The molecule has 0 radical (unpaired) electrons. The highest BCUT2D eigenvalue weighted by Gasteiger charge is 2.18. The van der Waals surface area contributed by atoms with E-state index in [4.69, 9.17) is 5.73 Å². The van der Waals surface area contributed by atoms with Crippen LogP contribution in [0, 0.1) is 0 Å². The van der Waals surface area contributed by atoms with Gasteiger partial charge >= 0.3 is 0 Å². The summed E-state index contributed by atoms with van der Waals surface area (Å²) in [6.07, 6.45) is 8.22. The predicted molar refractivity (Wildman–Crippen MR) is 77.9 cm³/mol. The molecule has 1 aliphatic rings. The number of nitrogens with two attached hydrogens (primary N) is 1. The Morgan fingerprint density at radius 3 is 2.74 bits per heavy atom. The number of H-pyrrole nitrogens is 1. The number of hydrogen-bond donors (Lipinski definition) is 3. The summed E-state index contributed by atoms with van der Waals surface area (Å²) in [5.41, 5.74) is 9.39. The standard InChI is InChI=1S/C15H20N4/c16-12-2-1-3-14(8-12)19-13-6-4-11(5-7-13)15-9-17-10-18-15/h4-7,9-10,12,14,19H,1-3,8,16H2,(H,17,18). The van der Waals surface area contributed by atoms with Gasteiger partial charge in [0.05, 0.1) is 18.2 Å². The minimum Gasteiger partial charge on any atom is -0.382 e. The molecule has 1 aromatic heterocycles. The molecule has 1 aromatic carbocycles. The number of aromatic nitrogens is 2. The molecule has 2 unspecified atom stereocenters. The molecule has 0 spiro atoms. The average molecular weight is 256 g/mol. The Bertz CT molecular complexity index is 503. The molecule has 2 atom stereocenters. The van der Waals surface area contributed by atoms with Crippen LogP contribution in [0.5, 0.6) is 0 Å². The first kappa shape index (κ1) is 12.2. The van der Waals surface area contributed by atoms with Gasteiger partial charge in [-0.2, -0.15) is 0 Å². The lowest BCUT2D eigenvalue weighted by Crippen LogP contribution is -2.34. The first-order chi connectivity index (χ1) is 9.31. The zero-order chi connectivity index (χ0) is 13.1. The average Bonchev–Trinajstić information content (AvgIpc) is 2.94. The molecule has 1 saturated carbocycles. The fourth-order valence-corrected chi connectivity index (χ4v) is 2.75. The number of rotatable bonds is 3. The van der Waals surface area contributed by atoms with Gasteiger partial charge in [0.1, 0.15) is 0 Å². The minimum atomic E-state index is 0.357. The highest BCUT2D eigenvalue weighted by atomic mass is 14.9. The van der Waals surface area contributed by atoms with Gasteiger partial charge in [0.2, 0.25) is 0 Å². The van der Waals surface area contributed by atoms with Crippen molar-refractivity contribution in [3.63, 3.8) is 0 Å². The fourth-order valence-electron chi connectivity index (χ4n) is 2.75. The summed E-state index contributed by atoms with van der Waals surface area (Å²) < 4.78 is 0. The van der Waals surface area contributed by atoms with Gasteiger partial charge in [-0.1, -0.05) is 12.1 Å². The Labute approximate surface area is 113 Å². The third-order valence-corrected chi connectivity index (χ3v) is 3.78. The lowest BCUT2D eigenvalue weighted by molar-refractivity contribution is 0.409. The Morgan fingerprint density at radius 2 is 2.05 bits per heavy atom. The first-order valence-corrected chi connectivity index (χ1v) is 6.92. The number of hydrogen-bond acceptors (Lipinski definition) is 3. The smallest absolute Gasteiger partial charge is 0.0924 e. The monoisotopic (exact) mass is 256 g/mol. The molecule has 4 heteroatoms. The number of aromatic amines is 1. The quantitative estimate of drug-likeness (QED) is 0.791. The van der Waals surface area contributed by atoms with E-state index in [1.165, 1.54) is 18.5 Å². The molecule has 1 heterocycles. The van der Waals surface area contributed by atoms with Crippen LogP contribution in [0.1, 0.15) is 25.7 Å². The molecule has 1 aliphatic carbocycles. The number of nitrogens with zero attached hydrogens (tertiary/aromatic N) is 1. The molecule has 19 heavy (non-hydrogen) atoms. The Kier molecular flexibility index (Phi) is 3.51. The number of benzene rings is 1. The summed E-state index contributed by atoms with van der Waals surface area (Å²) >= 11 is 0. The molecule has 100 valence electrons. The van der Waals surface area contributed by atoms with Crippen molar-refractivity contribution in [3.05, 3.63) is 36.8 Å². The van der Waals surface area contributed by atoms with Crippen LogP contribution in [0.2, 0.25) is 0 Å². The van der Waals surface area contributed by atoms with E-state index >= 15 is 0 Å². The molecule has 0 amide bonds. The van der Waals surface area contributed by atoms with Crippen LogP contribution < -0.4 is 11.1 Å². The highest BCUT2D eigenvalue weighted by molar-refractivity contribution is 5.62. The fraction of sp³-hybridized carbons (Fsp3) is 0.400. The maximum absolute atomic E-state index is 6.02. The van der Waals surface area contributed by atoms with E-state index in [1.54, 1.807) is 6.33 Å². The van der Waals surface area contributed by atoms with E-state index in [0.29, 0.717) is 12.1 Å². The van der Waals surface area contributed by atoms with Crippen LogP contribution in [-0.2, 0) is 0 Å². The van der Waals surface area contributed by atoms with Gasteiger partial charge in [-0.15, -0.1) is 0 Å². The molecule has 0 saturated heterocycles. The second-order valence-corrected chi connectivity index (χ2v) is 5.31. The molecule has 3 rings (SSSR count). The van der Waals surface area contributed by atoms with Crippen molar-refractivity contribution >= 4 is 5.69 Å². The van der Waals surface area contributed by atoms with E-state index in [2.05, 4.69) is 39.6 Å². The van der Waals surface area contributed by atoms with E-state index in [9.17, 15) is 0 Å². The van der Waals surface area contributed by atoms with Crippen LogP contribution in [0.3, 0.4) is 0 Å². The van der Waals surface area contributed by atoms with Gasteiger partial charge in [-0.25, -0.2) is 4.98 Å². The van der Waals surface area contributed by atoms with Crippen LogP contribution >= 0.6 is 0 Å². The third-order valence-electron chi connectivity index (χ3n) is 3.78. The van der Waals surface area contributed by atoms with Gasteiger partial charge in [-0.05, 0) is 43.4 Å². The maximum Gasteiger partial charge on any atom is 0.0924 e. The molecule has 2 aromatic rings. The Balaban J connectivity index is 1.66. The van der Waals surface area contributed by atoms with Gasteiger partial charge < -0.3 is 16.0 Å². The zero-order valence-electron chi connectivity index (χ0n) is 11.0. The molecule has 0 bridgehead atoms. The third kappa shape index (κ3) is 2.96. The van der Waals surface area contributed by atoms with Gasteiger partial charge in [0.25, 0.3) is 0 Å². The summed E-state index contributed by atoms with van der Waals surface area (Å²) in [6, 6.07) is 9.33. The van der Waals surface area contributed by atoms with Crippen molar-refractivity contribution in [2.45, 2.75) is 37.8 Å². The van der Waals surface area contributed by atoms with Gasteiger partial charge in [-0.3, -0.25) is 0 Å². The maximum atomic E-state index is 6.02. The Morgan fingerprint density at radius 1 is 1.21 bits per heavy atom. The van der Waals surface area contributed by atoms with E-state index in [0.717, 1.165) is 24.1 Å². The summed E-state index contributed by atoms with van der Waals surface area (Å²) in [4.78, 5) is 7.15. The van der Waals surface area contributed by atoms with E-state index < -0.39 is 0 Å². The topological polar surface area (TPSA) is 66.7 Å². The van der Waals surface area contributed by atoms with Crippen molar-refractivity contribution < 1.29 is 0 Å². The van der Waals surface area contributed by atoms with Crippen molar-refractivity contribution in [2.75, 3.05) is 5.32 Å². The molecular formula is C15H20N4. The van der Waals surface area contributed by atoms with E-state index in [1.807, 2.05) is 6.20 Å². The molecule has 4 N–H and O–H groups in total. The van der Waals surface area contributed by atoms with Crippen molar-refractivity contribution in [1.82, 2.24) is 9.97 Å². The summed E-state index contributed by atoms with van der Waals surface area (Å²) in [5.74, 6) is 0. The van der Waals surface area contributed by atoms with Crippen LogP contribution in [-0.4, -0.2) is 22.1 Å². The SMILES string of the molecule is NC1CCCC(Nc2ccc(-c3cnc[nH]3)cc2)C1. The lowest BCUT2D eigenvalue weighted by Gasteiger charge is -2.28. The first-order valence-electron chi connectivity index (χ1n) is 6.92. The number of nitrogens with one attached hydrogen (secondary N) is 2. The van der Waals surface area contributed by atoms with Crippen molar-refractivity contribution in [2.24, 2.45) is 5.73 Å². The molecular weight excluding hydrogens is 236 g/mol. The van der Waals surface area contributed by atoms with E-state index in [-0.39, 0.29) is 0 Å². The summed E-state index contributed by atoms with van der Waals surface area (Å²) in [5, 5.41) is 3.58. The van der Waals surface area contributed by atoms with Crippen LogP contribution in [0.4, 0.5) is 5.69 Å². The van der Waals surface area contributed by atoms with Crippen molar-refractivity contribution in [3.8, 4) is 11.3 Å². The van der Waals surface area contributed by atoms with Gasteiger partial charge in [0, 0.05) is 17.8 Å². The summed E-state index contributed by atoms with van der Waals surface area (Å²) in [6.45, 7) is 0. The number of imidazole rings is 1. The predicted octanol–water partition coefficient (Wildman–Crippen LogP) is 2.76. The normalized spacial score (nSPS) is 23.2. The Hall–Kier alpha value is -1.81. The molecule has 4 nitrogen and oxygen atoms in total. The van der Waals surface area contributed by atoms with Crippen LogP contribution in [0.25, 0.3) is 11.3 Å². The molecule has 0 aliphatic heterocycles.